The van der Waals surface area contributed by atoms with Crippen molar-refractivity contribution in [2.75, 3.05) is 0 Å². The predicted molar refractivity (Wildman–Crippen MR) is 31.2 cm³/mol. The Hall–Kier alpha value is 1.13. The number of halogens is 2. The van der Waals surface area contributed by atoms with Gasteiger partial charge in [-0.2, -0.15) is 0 Å². The summed E-state index contributed by atoms with van der Waals surface area (Å²) < 4.78 is 0.847. The normalized spacial score (nSPS) is 6.50. The molecule has 3 heteroatoms. The molecule has 0 aliphatic rings. The summed E-state index contributed by atoms with van der Waals surface area (Å²) in [6.07, 6.45) is 0. The van der Waals surface area contributed by atoms with E-state index in [0.29, 0.717) is 0 Å². The first-order chi connectivity index (χ1) is 1.73. The van der Waals surface area contributed by atoms with E-state index in [-0.39, 0.29) is 0 Å². The Kier molecular flexibility index (Phi) is 3.04. The van der Waals surface area contributed by atoms with Gasteiger partial charge in [-0.15, -0.1) is 0 Å². The van der Waals surface area contributed by atoms with Crippen LogP contribution in [0, 0.1) is 0 Å². The zero-order valence-electron chi connectivity index (χ0n) is 1.76. The van der Waals surface area contributed by atoms with Crippen molar-refractivity contribution in [3.05, 3.63) is 0 Å². The Labute approximate surface area is 44.1 Å². The summed E-state index contributed by atoms with van der Waals surface area (Å²) in [5.41, 5.74) is 0. The minimum Gasteiger partial charge on any atom is -0.0983 e. The standard InChI is InChI=1S/CHBr2P/c2-1(3)4/h4H. The molecule has 0 unspecified atom stereocenters. The highest BCUT2D eigenvalue weighted by atomic mass is 79.9. The fourth-order valence-electron chi connectivity index (χ4n) is 0. The molecule has 0 aliphatic carbocycles. The second-order valence-corrected chi connectivity index (χ2v) is 4.87. The summed E-state index contributed by atoms with van der Waals surface area (Å²) >= 11 is 6.04. The molecule has 0 atom stereocenters. The van der Waals surface area contributed by atoms with Gasteiger partial charge in [-0.1, -0.05) is 8.86 Å². The van der Waals surface area contributed by atoms with Gasteiger partial charge < -0.3 is 0 Å². The van der Waals surface area contributed by atoms with Crippen molar-refractivity contribution in [1.29, 1.82) is 0 Å². The lowest BCUT2D eigenvalue weighted by Gasteiger charge is -1.57. The van der Waals surface area contributed by atoms with Crippen LogP contribution in [0.5, 0.6) is 0 Å². The van der Waals surface area contributed by atoms with E-state index in [1.807, 2.05) is 0 Å². The van der Waals surface area contributed by atoms with Gasteiger partial charge in [0.25, 0.3) is 0 Å². The molecular weight excluding hydrogens is 203 g/mol. The first-order valence-corrected chi connectivity index (χ1v) is 2.71. The Bertz CT molecular complexity index is 29.0. The third-order valence-electron chi connectivity index (χ3n) is 0. The minimum atomic E-state index is 0.847. The van der Waals surface area contributed by atoms with Crippen LogP contribution < -0.4 is 0 Å². The first kappa shape index (κ1) is 5.13. The highest BCUT2D eigenvalue weighted by molar-refractivity contribution is 9.40. The molecule has 0 nitrogen and oxygen atoms in total. The van der Waals surface area contributed by atoms with E-state index in [4.69, 9.17) is 0 Å². The minimum absolute atomic E-state index is 0.847. The van der Waals surface area contributed by atoms with Crippen LogP contribution in [0.2, 0.25) is 0 Å². The maximum absolute atomic E-state index is 3.06. The van der Waals surface area contributed by atoms with Gasteiger partial charge >= 0.3 is 0 Å². The van der Waals surface area contributed by atoms with Crippen molar-refractivity contribution in [2.45, 2.75) is 0 Å². The largest absolute Gasteiger partial charge is 0.0983 e. The van der Waals surface area contributed by atoms with Crippen LogP contribution in [-0.4, -0.2) is 3.11 Å². The molecule has 24 valence electrons. The molecule has 0 rings (SSSR count). The van der Waals surface area contributed by atoms with Gasteiger partial charge in [0, 0.05) is 0 Å². The topological polar surface area (TPSA) is 0 Å². The van der Waals surface area contributed by atoms with Crippen molar-refractivity contribution in [3.8, 4) is 0 Å². The average molecular weight is 204 g/mol. The van der Waals surface area contributed by atoms with E-state index in [1.54, 1.807) is 0 Å². The molecule has 0 aliphatic heterocycles. The van der Waals surface area contributed by atoms with Crippen LogP contribution in [0.1, 0.15) is 0 Å². The van der Waals surface area contributed by atoms with Crippen molar-refractivity contribution in [1.82, 2.24) is 0 Å². The van der Waals surface area contributed by atoms with E-state index in [1.165, 1.54) is 0 Å². The van der Waals surface area contributed by atoms with Gasteiger partial charge in [0.05, 0.1) is 3.11 Å². The van der Waals surface area contributed by atoms with Gasteiger partial charge in [-0.05, 0) is 31.9 Å². The van der Waals surface area contributed by atoms with E-state index in [0.717, 1.165) is 3.11 Å². The predicted octanol–water partition coefficient (Wildman–Crippen LogP) is 2.01. The Morgan fingerprint density at radius 3 is 1.50 bits per heavy atom. The molecule has 0 bridgehead atoms. The van der Waals surface area contributed by atoms with Crippen LogP contribution in [0.15, 0.2) is 0 Å². The van der Waals surface area contributed by atoms with Crippen molar-refractivity contribution in [2.24, 2.45) is 0 Å². The van der Waals surface area contributed by atoms with Crippen molar-refractivity contribution >= 4 is 43.8 Å². The van der Waals surface area contributed by atoms with E-state index < -0.39 is 0 Å². The van der Waals surface area contributed by atoms with Gasteiger partial charge in [-0.3, -0.25) is 0 Å². The average Bonchev–Trinajstić information content (AvgIpc) is 0.811. The van der Waals surface area contributed by atoms with E-state index >= 15 is 0 Å². The zero-order valence-corrected chi connectivity index (χ0v) is 5.93. The second kappa shape index (κ2) is 2.37. The van der Waals surface area contributed by atoms with Gasteiger partial charge in [-0.25, -0.2) is 0 Å². The lowest BCUT2D eigenvalue weighted by molar-refractivity contribution is 4.37. The lowest BCUT2D eigenvalue weighted by atomic mass is 12.0. The summed E-state index contributed by atoms with van der Waals surface area (Å²) in [5.74, 6) is 0. The molecule has 0 saturated carbocycles. The maximum Gasteiger partial charge on any atom is 0.0797 e. The van der Waals surface area contributed by atoms with Crippen LogP contribution >= 0.6 is 40.7 Å². The summed E-state index contributed by atoms with van der Waals surface area (Å²) in [6, 6.07) is 0. The van der Waals surface area contributed by atoms with Crippen LogP contribution in [0.3, 0.4) is 0 Å². The number of hydrogen-bond acceptors (Lipinski definition) is 0. The molecular formula is CHBr2P. The summed E-state index contributed by atoms with van der Waals surface area (Å²) in [4.78, 5) is 0. The lowest BCUT2D eigenvalue weighted by Crippen LogP contribution is -1.39. The highest BCUT2D eigenvalue weighted by Crippen LogP contribution is 1.97. The number of hydrogen-bond donors (Lipinski definition) is 0. The molecule has 0 spiro atoms. The molecule has 0 heterocycles. The third-order valence-corrected chi connectivity index (χ3v) is 0. The summed E-state index contributed by atoms with van der Waals surface area (Å²) in [7, 11) is 3.06. The van der Waals surface area contributed by atoms with Crippen molar-refractivity contribution in [3.63, 3.8) is 0 Å². The summed E-state index contributed by atoms with van der Waals surface area (Å²) in [6.45, 7) is 0. The smallest absolute Gasteiger partial charge is 0.0797 e. The van der Waals surface area contributed by atoms with E-state index in [9.17, 15) is 0 Å². The van der Waals surface area contributed by atoms with Gasteiger partial charge in [0.1, 0.15) is 0 Å². The SMILES string of the molecule is P=C(Br)Br. The van der Waals surface area contributed by atoms with Crippen molar-refractivity contribution < 1.29 is 0 Å². The second-order valence-electron chi connectivity index (χ2n) is 0.260. The Morgan fingerprint density at radius 1 is 1.50 bits per heavy atom. The molecule has 0 amide bonds. The number of rotatable bonds is 0. The molecule has 0 fully saturated rings. The highest BCUT2D eigenvalue weighted by Gasteiger charge is 1.60. The monoisotopic (exact) mass is 202 g/mol. The molecule has 0 aromatic heterocycles. The van der Waals surface area contributed by atoms with Gasteiger partial charge in [0.15, 0.2) is 0 Å². The maximum atomic E-state index is 3.06. The zero-order chi connectivity index (χ0) is 3.58. The Balaban J connectivity index is 2.80. The first-order valence-electron chi connectivity index (χ1n) is 0.628. The molecule has 0 aromatic rings. The molecule has 0 N–H and O–H groups in total. The van der Waals surface area contributed by atoms with Crippen LogP contribution in [-0.2, 0) is 0 Å². The van der Waals surface area contributed by atoms with Crippen LogP contribution in [0.25, 0.3) is 0 Å². The molecule has 4 heavy (non-hydrogen) atoms. The molecule has 0 saturated heterocycles. The van der Waals surface area contributed by atoms with Crippen LogP contribution in [0.4, 0.5) is 0 Å². The van der Waals surface area contributed by atoms with Gasteiger partial charge in [0.2, 0.25) is 0 Å². The fourth-order valence-corrected chi connectivity index (χ4v) is 0. The Morgan fingerprint density at radius 2 is 1.50 bits per heavy atom. The fraction of sp³-hybridized carbons (Fsp3) is 0. The molecule has 0 aromatic carbocycles. The third kappa shape index (κ3) is 11.1. The quantitative estimate of drug-likeness (QED) is 0.529. The van der Waals surface area contributed by atoms with E-state index in [2.05, 4.69) is 40.7 Å². The summed E-state index contributed by atoms with van der Waals surface area (Å²) in [5, 5.41) is 0. The molecule has 0 radical (unpaired) electrons.